The maximum atomic E-state index is 3.68. The molecular weight excluding hydrogens is 184 g/mol. The van der Waals surface area contributed by atoms with Gasteiger partial charge >= 0.3 is 0 Å². The first-order valence-electron chi connectivity index (χ1n) is 6.20. The molecule has 1 saturated heterocycles. The van der Waals surface area contributed by atoms with E-state index in [0.717, 1.165) is 6.54 Å². The number of nitrogens with zero attached hydrogens (tertiary/aromatic N) is 1. The third kappa shape index (κ3) is 3.76. The maximum Gasteiger partial charge on any atom is 0.0243 e. The Morgan fingerprint density at radius 1 is 1.07 bits per heavy atom. The highest BCUT2D eigenvalue weighted by Gasteiger charge is 2.31. The monoisotopic (exact) mass is 212 g/mol. The van der Waals surface area contributed by atoms with Crippen LogP contribution in [0.15, 0.2) is 0 Å². The summed E-state index contributed by atoms with van der Waals surface area (Å²) in [7, 11) is 0. The van der Waals surface area contributed by atoms with E-state index in [1.165, 1.54) is 19.5 Å². The van der Waals surface area contributed by atoms with Crippen molar-refractivity contribution in [3.63, 3.8) is 0 Å². The minimum absolute atomic E-state index is 0.301. The van der Waals surface area contributed by atoms with E-state index in [2.05, 4.69) is 51.8 Å². The first kappa shape index (κ1) is 13.0. The van der Waals surface area contributed by atoms with Gasteiger partial charge in [-0.15, -0.1) is 0 Å². The Morgan fingerprint density at radius 3 is 2.13 bits per heavy atom. The van der Waals surface area contributed by atoms with Gasteiger partial charge in [-0.05, 0) is 45.7 Å². The van der Waals surface area contributed by atoms with Gasteiger partial charge in [-0.1, -0.05) is 20.8 Å². The van der Waals surface area contributed by atoms with Crippen molar-refractivity contribution in [3.05, 3.63) is 0 Å². The molecule has 0 radical (unpaired) electrons. The molecule has 15 heavy (non-hydrogen) atoms. The fraction of sp³-hybridized carbons (Fsp3) is 1.00. The van der Waals surface area contributed by atoms with E-state index in [1.807, 2.05) is 0 Å². The average molecular weight is 212 g/mol. The second kappa shape index (κ2) is 4.42. The fourth-order valence-electron chi connectivity index (χ4n) is 2.11. The van der Waals surface area contributed by atoms with E-state index in [0.29, 0.717) is 17.0 Å². The molecule has 1 heterocycles. The number of hydrogen-bond donors (Lipinski definition) is 1. The summed E-state index contributed by atoms with van der Waals surface area (Å²) in [6.45, 7) is 17.5. The summed E-state index contributed by atoms with van der Waals surface area (Å²) >= 11 is 0. The molecule has 1 rings (SSSR count). The largest absolute Gasteiger partial charge is 0.312 e. The number of nitrogens with one attached hydrogen (secondary N) is 1. The van der Waals surface area contributed by atoms with Gasteiger partial charge in [0, 0.05) is 18.1 Å². The van der Waals surface area contributed by atoms with Crippen molar-refractivity contribution in [2.75, 3.05) is 19.6 Å². The van der Waals surface area contributed by atoms with Crippen molar-refractivity contribution in [1.29, 1.82) is 0 Å². The van der Waals surface area contributed by atoms with Gasteiger partial charge in [0.25, 0.3) is 0 Å². The van der Waals surface area contributed by atoms with Crippen LogP contribution >= 0.6 is 0 Å². The fourth-order valence-corrected chi connectivity index (χ4v) is 2.11. The first-order valence-corrected chi connectivity index (χ1v) is 6.20. The number of rotatable bonds is 0. The van der Waals surface area contributed by atoms with Crippen LogP contribution in [0.5, 0.6) is 0 Å². The average Bonchev–Trinajstić information content (AvgIpc) is 2.24. The van der Waals surface area contributed by atoms with Crippen LogP contribution in [0, 0.1) is 5.41 Å². The Bertz CT molecular complexity index is 176. The molecule has 90 valence electrons. The lowest BCUT2D eigenvalue weighted by Crippen LogP contribution is -2.51. The molecular formula is C13H28N2. The van der Waals surface area contributed by atoms with Crippen molar-refractivity contribution in [2.24, 2.45) is 5.41 Å². The van der Waals surface area contributed by atoms with Crippen LogP contribution < -0.4 is 5.32 Å². The van der Waals surface area contributed by atoms with Crippen LogP contribution in [0.4, 0.5) is 0 Å². The van der Waals surface area contributed by atoms with Crippen LogP contribution in [0.2, 0.25) is 0 Å². The van der Waals surface area contributed by atoms with Crippen LogP contribution in [0.1, 0.15) is 48.0 Å². The maximum absolute atomic E-state index is 3.68. The van der Waals surface area contributed by atoms with Crippen molar-refractivity contribution in [1.82, 2.24) is 10.2 Å². The summed E-state index contributed by atoms with van der Waals surface area (Å²) in [6.07, 6.45) is 1.27. The van der Waals surface area contributed by atoms with Crippen LogP contribution in [-0.4, -0.2) is 36.1 Å². The van der Waals surface area contributed by atoms with Gasteiger partial charge < -0.3 is 5.32 Å². The van der Waals surface area contributed by atoms with E-state index in [4.69, 9.17) is 0 Å². The molecule has 1 N–H and O–H groups in total. The van der Waals surface area contributed by atoms with Gasteiger partial charge in [0.2, 0.25) is 0 Å². The van der Waals surface area contributed by atoms with Gasteiger partial charge in [0.15, 0.2) is 0 Å². The van der Waals surface area contributed by atoms with Crippen molar-refractivity contribution >= 4 is 0 Å². The molecule has 2 nitrogen and oxygen atoms in total. The first-order chi connectivity index (χ1) is 6.71. The Hall–Kier alpha value is -0.0800. The summed E-state index contributed by atoms with van der Waals surface area (Å²) in [5, 5.41) is 3.68. The molecule has 1 aliphatic rings. The van der Waals surface area contributed by atoms with Gasteiger partial charge in [-0.25, -0.2) is 0 Å². The molecule has 0 bridgehead atoms. The predicted molar refractivity (Wildman–Crippen MR) is 67.2 cm³/mol. The minimum Gasteiger partial charge on any atom is -0.312 e. The lowest BCUT2D eigenvalue weighted by Gasteiger charge is -2.39. The van der Waals surface area contributed by atoms with E-state index < -0.39 is 0 Å². The standard InChI is InChI=1S/C13H28N2/c1-12(2,3)11-10-15(13(4,5)6)9-7-8-14-11/h11,14H,7-10H2,1-6H3. The number of hydrogen-bond acceptors (Lipinski definition) is 2. The van der Waals surface area contributed by atoms with Crippen molar-refractivity contribution in [3.8, 4) is 0 Å². The quantitative estimate of drug-likeness (QED) is 0.664. The highest BCUT2D eigenvalue weighted by molar-refractivity contribution is 4.89. The molecule has 0 aromatic heterocycles. The molecule has 0 aromatic rings. The highest BCUT2D eigenvalue weighted by Crippen LogP contribution is 2.24. The Balaban J connectivity index is 2.70. The molecule has 0 spiro atoms. The molecule has 1 atom stereocenters. The normalized spacial score (nSPS) is 26.4. The van der Waals surface area contributed by atoms with E-state index in [9.17, 15) is 0 Å². The second-order valence-corrected chi connectivity index (χ2v) is 6.84. The minimum atomic E-state index is 0.301. The molecule has 2 heteroatoms. The molecule has 0 aliphatic carbocycles. The van der Waals surface area contributed by atoms with Crippen LogP contribution in [-0.2, 0) is 0 Å². The zero-order valence-electron chi connectivity index (χ0n) is 11.4. The van der Waals surface area contributed by atoms with E-state index >= 15 is 0 Å². The van der Waals surface area contributed by atoms with Gasteiger partial charge in [0.05, 0.1) is 0 Å². The lowest BCUT2D eigenvalue weighted by atomic mass is 9.86. The van der Waals surface area contributed by atoms with Crippen molar-refractivity contribution in [2.45, 2.75) is 59.5 Å². The zero-order chi connectivity index (χ0) is 11.7. The topological polar surface area (TPSA) is 15.3 Å². The summed E-state index contributed by atoms with van der Waals surface area (Å²) in [6, 6.07) is 0.610. The summed E-state index contributed by atoms with van der Waals surface area (Å²) in [5.41, 5.74) is 0.656. The molecule has 0 amide bonds. The molecule has 1 aliphatic heterocycles. The zero-order valence-corrected chi connectivity index (χ0v) is 11.4. The molecule has 1 fully saturated rings. The Labute approximate surface area is 95.4 Å². The third-order valence-corrected chi connectivity index (χ3v) is 3.39. The summed E-state index contributed by atoms with van der Waals surface area (Å²) < 4.78 is 0. The molecule has 0 aromatic carbocycles. The van der Waals surface area contributed by atoms with E-state index in [1.54, 1.807) is 0 Å². The molecule has 0 saturated carbocycles. The van der Waals surface area contributed by atoms with Crippen LogP contribution in [0.3, 0.4) is 0 Å². The summed E-state index contributed by atoms with van der Waals surface area (Å²) in [4.78, 5) is 2.61. The highest BCUT2D eigenvalue weighted by atomic mass is 15.2. The Kier molecular flexibility index (Phi) is 3.83. The van der Waals surface area contributed by atoms with E-state index in [-0.39, 0.29) is 0 Å². The lowest BCUT2D eigenvalue weighted by molar-refractivity contribution is 0.110. The van der Waals surface area contributed by atoms with Gasteiger partial charge in [0.1, 0.15) is 0 Å². The Morgan fingerprint density at radius 2 is 1.67 bits per heavy atom. The van der Waals surface area contributed by atoms with Crippen LogP contribution in [0.25, 0.3) is 0 Å². The SMILES string of the molecule is CC(C)(C)C1CN(C(C)(C)C)CCCN1. The third-order valence-electron chi connectivity index (χ3n) is 3.39. The summed E-state index contributed by atoms with van der Waals surface area (Å²) in [5.74, 6) is 0. The molecule has 1 unspecified atom stereocenters. The second-order valence-electron chi connectivity index (χ2n) is 6.84. The van der Waals surface area contributed by atoms with Gasteiger partial charge in [-0.2, -0.15) is 0 Å². The smallest absolute Gasteiger partial charge is 0.0243 e. The predicted octanol–water partition coefficient (Wildman–Crippen LogP) is 2.49. The van der Waals surface area contributed by atoms with Gasteiger partial charge in [-0.3, -0.25) is 4.90 Å². The van der Waals surface area contributed by atoms with Crippen molar-refractivity contribution < 1.29 is 0 Å².